The molecule has 0 heterocycles. The molecule has 0 N–H and O–H groups in total. The summed E-state index contributed by atoms with van der Waals surface area (Å²) in [6, 6.07) is 11.0. The molecule has 0 unspecified atom stereocenters. The van der Waals surface area contributed by atoms with Crippen LogP contribution in [0.25, 0.3) is 0 Å². The minimum absolute atomic E-state index is 0. The molecule has 0 saturated carbocycles. The Hall–Kier alpha value is 0.497. The summed E-state index contributed by atoms with van der Waals surface area (Å²) in [5.41, 5.74) is 2.69. The Morgan fingerprint density at radius 3 is 2.07 bits per heavy atom. The number of nitrogens with zero attached hydrogens (tertiary/aromatic N) is 1. The van der Waals surface area contributed by atoms with Crippen LogP contribution in [0.1, 0.15) is 5.56 Å². The summed E-state index contributed by atoms with van der Waals surface area (Å²) < 4.78 is 0. The standard InChI is InChI=1S/C12H20NSi.Ca.2H/c1-13(2)12-9-7-6-8-11(12)10-14(3,4)5;;;/h6-10H,1-5H3;;;. The predicted molar refractivity (Wildman–Crippen MR) is 76.1 cm³/mol. The third kappa shape index (κ3) is 5.39. The Kier molecular flexibility index (Phi) is 6.49. The van der Waals surface area contributed by atoms with Gasteiger partial charge in [0, 0.05) is 19.8 Å². The summed E-state index contributed by atoms with van der Waals surface area (Å²) in [4.78, 5) is 2.17. The number of benzene rings is 1. The van der Waals surface area contributed by atoms with Crippen LogP contribution in [0.15, 0.2) is 24.3 Å². The molecule has 0 fully saturated rings. The maximum absolute atomic E-state index is 2.45. The van der Waals surface area contributed by atoms with Crippen molar-refractivity contribution in [2.24, 2.45) is 0 Å². The summed E-state index contributed by atoms with van der Waals surface area (Å²) in [5, 5.41) is 0. The van der Waals surface area contributed by atoms with Crippen molar-refractivity contribution in [3.8, 4) is 0 Å². The fourth-order valence-electron chi connectivity index (χ4n) is 1.48. The zero-order valence-electron chi connectivity index (χ0n) is 9.83. The molecule has 0 aliphatic rings. The second-order valence-corrected chi connectivity index (χ2v) is 9.98. The normalized spacial score (nSPS) is 10.7. The average Bonchev–Trinajstić information content (AvgIpc) is 2.01. The monoisotopic (exact) mass is 248 g/mol. The van der Waals surface area contributed by atoms with Crippen molar-refractivity contribution in [2.45, 2.75) is 19.6 Å². The molecule has 1 rings (SSSR count). The number of rotatable bonds is 3. The fourth-order valence-corrected chi connectivity index (χ4v) is 2.66. The predicted octanol–water partition coefficient (Wildman–Crippen LogP) is 2.27. The van der Waals surface area contributed by atoms with Crippen molar-refractivity contribution in [2.75, 3.05) is 19.0 Å². The van der Waals surface area contributed by atoms with Gasteiger partial charge in [-0.15, -0.1) is 0 Å². The number of anilines is 1. The summed E-state index contributed by atoms with van der Waals surface area (Å²) in [5.74, 6) is 0. The van der Waals surface area contributed by atoms with Crippen LogP contribution < -0.4 is 4.90 Å². The van der Waals surface area contributed by atoms with Crippen molar-refractivity contribution in [3.63, 3.8) is 0 Å². The minimum atomic E-state index is -1.13. The molecule has 0 amide bonds. The van der Waals surface area contributed by atoms with Gasteiger partial charge in [0.1, 0.15) is 0 Å². The second kappa shape index (κ2) is 6.29. The zero-order chi connectivity index (χ0) is 10.8. The SMILES string of the molecule is CN(C)c1ccccc1[CH][Si](C)(C)C.[CaH2]. The van der Waals surface area contributed by atoms with Crippen LogP contribution in [0.2, 0.25) is 19.6 Å². The van der Waals surface area contributed by atoms with E-state index in [0.717, 1.165) is 0 Å². The topological polar surface area (TPSA) is 3.24 Å². The summed E-state index contributed by atoms with van der Waals surface area (Å²) in [6.07, 6.45) is 0. The van der Waals surface area contributed by atoms with E-state index in [4.69, 9.17) is 0 Å². The van der Waals surface area contributed by atoms with Crippen molar-refractivity contribution >= 4 is 51.5 Å². The average molecular weight is 248 g/mol. The molecule has 0 aliphatic carbocycles. The van der Waals surface area contributed by atoms with Crippen molar-refractivity contribution < 1.29 is 0 Å². The first kappa shape index (κ1) is 15.5. The Balaban J connectivity index is 0.00000196. The van der Waals surface area contributed by atoms with E-state index in [9.17, 15) is 0 Å². The van der Waals surface area contributed by atoms with Crippen LogP contribution >= 0.6 is 0 Å². The second-order valence-electron chi connectivity index (χ2n) is 4.96. The molecule has 0 saturated heterocycles. The van der Waals surface area contributed by atoms with Gasteiger partial charge >= 0.3 is 37.7 Å². The molecule has 1 aromatic carbocycles. The van der Waals surface area contributed by atoms with Crippen LogP contribution in [-0.2, 0) is 0 Å². The van der Waals surface area contributed by atoms with Crippen LogP contribution in [0.3, 0.4) is 0 Å². The summed E-state index contributed by atoms with van der Waals surface area (Å²) >= 11 is 0. The van der Waals surface area contributed by atoms with Gasteiger partial charge in [0.05, 0.1) is 8.07 Å². The molecule has 15 heavy (non-hydrogen) atoms. The van der Waals surface area contributed by atoms with E-state index >= 15 is 0 Å². The number of hydrogen-bond acceptors (Lipinski definition) is 1. The van der Waals surface area contributed by atoms with Crippen molar-refractivity contribution in [3.05, 3.63) is 35.9 Å². The van der Waals surface area contributed by atoms with E-state index in [-0.39, 0.29) is 37.7 Å². The molecule has 1 nitrogen and oxygen atoms in total. The molecular formula is C12H22CaNSi. The van der Waals surface area contributed by atoms with Gasteiger partial charge in [-0.3, -0.25) is 0 Å². The van der Waals surface area contributed by atoms with Gasteiger partial charge < -0.3 is 4.90 Å². The first-order valence-electron chi connectivity index (χ1n) is 5.02. The van der Waals surface area contributed by atoms with E-state index in [2.05, 4.69) is 68.9 Å². The van der Waals surface area contributed by atoms with Crippen LogP contribution in [0.4, 0.5) is 5.69 Å². The third-order valence-electron chi connectivity index (χ3n) is 2.01. The quantitative estimate of drug-likeness (QED) is 0.742. The van der Waals surface area contributed by atoms with Gasteiger partial charge in [0.2, 0.25) is 0 Å². The summed E-state index contributed by atoms with van der Waals surface area (Å²) in [7, 11) is 3.06. The van der Waals surface area contributed by atoms with Gasteiger partial charge in [0.15, 0.2) is 0 Å². The molecule has 0 bridgehead atoms. The van der Waals surface area contributed by atoms with Crippen LogP contribution in [0.5, 0.6) is 0 Å². The molecular weight excluding hydrogens is 226 g/mol. The van der Waals surface area contributed by atoms with Gasteiger partial charge in [-0.2, -0.15) is 0 Å². The van der Waals surface area contributed by atoms with Gasteiger partial charge in [0.25, 0.3) is 0 Å². The van der Waals surface area contributed by atoms with E-state index in [1.54, 1.807) is 0 Å². The molecule has 0 aliphatic heterocycles. The molecule has 0 atom stereocenters. The maximum atomic E-state index is 2.45. The Morgan fingerprint density at radius 1 is 1.07 bits per heavy atom. The van der Waals surface area contributed by atoms with E-state index in [0.29, 0.717) is 0 Å². The van der Waals surface area contributed by atoms with Gasteiger partial charge in [-0.05, 0) is 17.7 Å². The Morgan fingerprint density at radius 2 is 1.60 bits per heavy atom. The van der Waals surface area contributed by atoms with Crippen molar-refractivity contribution in [1.82, 2.24) is 0 Å². The van der Waals surface area contributed by atoms with Crippen molar-refractivity contribution in [1.29, 1.82) is 0 Å². The Labute approximate surface area is 125 Å². The fraction of sp³-hybridized carbons (Fsp3) is 0.417. The van der Waals surface area contributed by atoms with E-state index in [1.165, 1.54) is 11.3 Å². The molecule has 81 valence electrons. The number of hydrogen-bond donors (Lipinski definition) is 0. The molecule has 0 spiro atoms. The molecule has 1 aromatic rings. The van der Waals surface area contributed by atoms with E-state index in [1.807, 2.05) is 0 Å². The van der Waals surface area contributed by atoms with Crippen LogP contribution in [0, 0.1) is 6.04 Å². The van der Waals surface area contributed by atoms with E-state index < -0.39 is 8.07 Å². The first-order chi connectivity index (χ1) is 6.40. The van der Waals surface area contributed by atoms with Gasteiger partial charge in [-0.25, -0.2) is 0 Å². The molecule has 0 aromatic heterocycles. The Bertz CT molecular complexity index is 305. The first-order valence-corrected chi connectivity index (χ1v) is 8.60. The zero-order valence-corrected chi connectivity index (χ0v) is 10.8. The van der Waals surface area contributed by atoms with Crippen LogP contribution in [-0.4, -0.2) is 59.9 Å². The summed E-state index contributed by atoms with van der Waals surface area (Å²) in [6.45, 7) is 7.08. The molecule has 3 heteroatoms. The van der Waals surface area contributed by atoms with Gasteiger partial charge in [-0.1, -0.05) is 37.8 Å². The number of para-hydroxylation sites is 1. The third-order valence-corrected chi connectivity index (χ3v) is 3.18. The molecule has 1 radical (unpaired) electrons.